The number of hydrogen-bond donors (Lipinski definition) is 2. The summed E-state index contributed by atoms with van der Waals surface area (Å²) in [4.78, 5) is 4.65. The number of thiophene rings is 1. The molecule has 0 radical (unpaired) electrons. The number of nitrogens with one attached hydrogen (secondary N) is 1. The fourth-order valence-electron chi connectivity index (χ4n) is 2.46. The third kappa shape index (κ3) is 2.36. The molecule has 0 aliphatic carbocycles. The van der Waals surface area contributed by atoms with Gasteiger partial charge < -0.3 is 10.7 Å². The smallest absolute Gasteiger partial charge is 0.0701 e. The van der Waals surface area contributed by atoms with Crippen LogP contribution >= 0.6 is 27.3 Å². The normalized spacial score (nSPS) is 13.0. The van der Waals surface area contributed by atoms with Crippen LogP contribution in [0.1, 0.15) is 21.9 Å². The van der Waals surface area contributed by atoms with Crippen molar-refractivity contribution in [3.8, 4) is 0 Å². The third-order valence-electron chi connectivity index (χ3n) is 3.42. The van der Waals surface area contributed by atoms with Crippen LogP contribution in [0.15, 0.2) is 40.3 Å². The Balaban J connectivity index is 2.13. The first-order valence-corrected chi connectivity index (χ1v) is 7.83. The van der Waals surface area contributed by atoms with Gasteiger partial charge in [0.15, 0.2) is 0 Å². The van der Waals surface area contributed by atoms with Crippen molar-refractivity contribution in [2.24, 2.45) is 5.73 Å². The SMILES string of the molecule is Cc1ccc2[nH]cc(C(CN)c3ccc(Br)s3)c2c1. The predicted octanol–water partition coefficient (Wildman–Crippen LogP) is 4.39. The molecule has 0 bridgehead atoms. The zero-order valence-corrected chi connectivity index (χ0v) is 13.0. The molecule has 0 amide bonds. The minimum Gasteiger partial charge on any atom is -0.361 e. The Morgan fingerprint density at radius 2 is 2.16 bits per heavy atom. The molecule has 1 atom stereocenters. The second kappa shape index (κ2) is 5.12. The molecule has 19 heavy (non-hydrogen) atoms. The quantitative estimate of drug-likeness (QED) is 0.732. The number of aryl methyl sites for hydroxylation is 1. The van der Waals surface area contributed by atoms with E-state index in [4.69, 9.17) is 5.73 Å². The predicted molar refractivity (Wildman–Crippen MR) is 86.0 cm³/mol. The van der Waals surface area contributed by atoms with E-state index in [9.17, 15) is 0 Å². The van der Waals surface area contributed by atoms with E-state index in [2.05, 4.69) is 64.4 Å². The summed E-state index contributed by atoms with van der Waals surface area (Å²) in [7, 11) is 0. The number of rotatable bonds is 3. The van der Waals surface area contributed by atoms with Crippen LogP contribution in [0.2, 0.25) is 0 Å². The van der Waals surface area contributed by atoms with Crippen LogP contribution in [0.25, 0.3) is 10.9 Å². The Labute approximate surface area is 124 Å². The lowest BCUT2D eigenvalue weighted by Gasteiger charge is -2.12. The number of aromatic amines is 1. The Bertz CT molecular complexity index is 714. The molecule has 98 valence electrons. The van der Waals surface area contributed by atoms with Gasteiger partial charge in [-0.25, -0.2) is 0 Å². The number of hydrogen-bond acceptors (Lipinski definition) is 2. The Morgan fingerprint density at radius 1 is 1.32 bits per heavy atom. The summed E-state index contributed by atoms with van der Waals surface area (Å²) >= 11 is 5.28. The number of nitrogens with two attached hydrogens (primary N) is 1. The van der Waals surface area contributed by atoms with Gasteiger partial charge in [0.05, 0.1) is 3.79 Å². The number of aromatic nitrogens is 1. The lowest BCUT2D eigenvalue weighted by atomic mass is 9.96. The first kappa shape index (κ1) is 12.9. The molecule has 2 nitrogen and oxygen atoms in total. The summed E-state index contributed by atoms with van der Waals surface area (Å²) in [5, 5.41) is 1.28. The molecule has 3 aromatic rings. The van der Waals surface area contributed by atoms with Crippen LogP contribution in [0.5, 0.6) is 0 Å². The molecule has 0 fully saturated rings. The summed E-state index contributed by atoms with van der Waals surface area (Å²) < 4.78 is 1.15. The fourth-order valence-corrected chi connectivity index (χ4v) is 4.01. The second-order valence-corrected chi connectivity index (χ2v) is 7.22. The molecule has 4 heteroatoms. The Morgan fingerprint density at radius 3 is 2.84 bits per heavy atom. The van der Waals surface area contributed by atoms with Crippen LogP contribution in [0, 0.1) is 6.92 Å². The number of halogens is 1. The second-order valence-electron chi connectivity index (χ2n) is 4.72. The van der Waals surface area contributed by atoms with E-state index in [1.165, 1.54) is 26.9 Å². The average molecular weight is 335 g/mol. The van der Waals surface area contributed by atoms with Crippen molar-refractivity contribution in [3.05, 3.63) is 56.3 Å². The van der Waals surface area contributed by atoms with Gasteiger partial charge in [0.1, 0.15) is 0 Å². The van der Waals surface area contributed by atoms with E-state index in [0.29, 0.717) is 6.54 Å². The highest BCUT2D eigenvalue weighted by Crippen LogP contribution is 2.35. The zero-order chi connectivity index (χ0) is 13.4. The molecular weight excluding hydrogens is 320 g/mol. The van der Waals surface area contributed by atoms with Gasteiger partial charge in [-0.3, -0.25) is 0 Å². The van der Waals surface area contributed by atoms with Crippen molar-refractivity contribution in [3.63, 3.8) is 0 Å². The summed E-state index contributed by atoms with van der Waals surface area (Å²) in [6, 6.07) is 10.7. The van der Waals surface area contributed by atoms with Crippen molar-refractivity contribution < 1.29 is 0 Å². The van der Waals surface area contributed by atoms with Crippen molar-refractivity contribution in [1.82, 2.24) is 4.98 Å². The molecule has 3 rings (SSSR count). The molecule has 0 saturated carbocycles. The molecule has 2 heterocycles. The van der Waals surface area contributed by atoms with E-state index < -0.39 is 0 Å². The molecule has 1 unspecified atom stereocenters. The molecule has 0 spiro atoms. The summed E-state index contributed by atoms with van der Waals surface area (Å²) in [6.07, 6.45) is 2.09. The molecule has 0 saturated heterocycles. The minimum atomic E-state index is 0.256. The largest absolute Gasteiger partial charge is 0.361 e. The van der Waals surface area contributed by atoms with Gasteiger partial charge in [0.2, 0.25) is 0 Å². The van der Waals surface area contributed by atoms with E-state index in [1.54, 1.807) is 11.3 Å². The van der Waals surface area contributed by atoms with Gasteiger partial charge >= 0.3 is 0 Å². The first-order valence-electron chi connectivity index (χ1n) is 6.22. The van der Waals surface area contributed by atoms with Crippen LogP contribution < -0.4 is 5.73 Å². The van der Waals surface area contributed by atoms with Crippen LogP contribution in [-0.4, -0.2) is 11.5 Å². The number of benzene rings is 1. The number of H-pyrrole nitrogens is 1. The van der Waals surface area contributed by atoms with E-state index in [-0.39, 0.29) is 5.92 Å². The number of fused-ring (bicyclic) bond motifs is 1. The van der Waals surface area contributed by atoms with Crippen molar-refractivity contribution >= 4 is 38.2 Å². The molecule has 2 aromatic heterocycles. The van der Waals surface area contributed by atoms with Gasteiger partial charge in [-0.1, -0.05) is 11.6 Å². The molecule has 3 N–H and O–H groups in total. The highest BCUT2D eigenvalue weighted by atomic mass is 79.9. The topological polar surface area (TPSA) is 41.8 Å². The van der Waals surface area contributed by atoms with Crippen molar-refractivity contribution in [1.29, 1.82) is 0 Å². The van der Waals surface area contributed by atoms with Crippen LogP contribution in [0.4, 0.5) is 0 Å². The molecule has 1 aromatic carbocycles. The maximum atomic E-state index is 6.01. The van der Waals surface area contributed by atoms with E-state index >= 15 is 0 Å². The highest BCUT2D eigenvalue weighted by molar-refractivity contribution is 9.11. The summed E-state index contributed by atoms with van der Waals surface area (Å²) in [5.41, 5.74) is 9.75. The Hall–Kier alpha value is -1.10. The Kier molecular flexibility index (Phi) is 3.48. The molecular formula is C15H15BrN2S. The van der Waals surface area contributed by atoms with Crippen LogP contribution in [0.3, 0.4) is 0 Å². The van der Waals surface area contributed by atoms with E-state index in [1.807, 2.05) is 0 Å². The van der Waals surface area contributed by atoms with Gasteiger partial charge in [-0.15, -0.1) is 11.3 Å². The van der Waals surface area contributed by atoms with Gasteiger partial charge in [-0.05, 0) is 52.7 Å². The van der Waals surface area contributed by atoms with Gasteiger partial charge in [0, 0.05) is 34.4 Å². The molecule has 0 aliphatic heterocycles. The van der Waals surface area contributed by atoms with E-state index in [0.717, 1.165) is 3.79 Å². The van der Waals surface area contributed by atoms with Crippen molar-refractivity contribution in [2.45, 2.75) is 12.8 Å². The fraction of sp³-hybridized carbons (Fsp3) is 0.200. The van der Waals surface area contributed by atoms with Crippen molar-refractivity contribution in [2.75, 3.05) is 6.54 Å². The monoisotopic (exact) mass is 334 g/mol. The average Bonchev–Trinajstić information content (AvgIpc) is 2.98. The molecule has 0 aliphatic rings. The lowest BCUT2D eigenvalue weighted by molar-refractivity contribution is 0.842. The maximum absolute atomic E-state index is 6.01. The summed E-state index contributed by atoms with van der Waals surface area (Å²) in [6.45, 7) is 2.74. The standard InChI is InChI=1S/C15H15BrN2S/c1-9-2-3-13-10(6-9)12(8-18-13)11(7-17)14-4-5-15(16)19-14/h2-6,8,11,18H,7,17H2,1H3. The summed E-state index contributed by atoms with van der Waals surface area (Å²) in [5.74, 6) is 0.256. The minimum absolute atomic E-state index is 0.256. The van der Waals surface area contributed by atoms with Gasteiger partial charge in [-0.2, -0.15) is 0 Å². The maximum Gasteiger partial charge on any atom is 0.0701 e. The van der Waals surface area contributed by atoms with Crippen LogP contribution in [-0.2, 0) is 0 Å². The third-order valence-corrected chi connectivity index (χ3v) is 5.16. The first-order chi connectivity index (χ1) is 9.19. The highest BCUT2D eigenvalue weighted by Gasteiger charge is 2.18. The lowest BCUT2D eigenvalue weighted by Crippen LogP contribution is -2.12. The zero-order valence-electron chi connectivity index (χ0n) is 10.6. The van der Waals surface area contributed by atoms with Gasteiger partial charge in [0.25, 0.3) is 0 Å².